The average Bonchev–Trinajstić information content (AvgIpc) is 2.49. The second-order valence-corrected chi connectivity index (χ2v) is 4.36. The molecule has 1 unspecified atom stereocenters. The van der Waals surface area contributed by atoms with Crippen LogP contribution in [0.3, 0.4) is 0 Å². The number of rotatable bonds is 2. The lowest BCUT2D eigenvalue weighted by Crippen LogP contribution is -2.17. The summed E-state index contributed by atoms with van der Waals surface area (Å²) in [5, 5.41) is 0. The van der Waals surface area contributed by atoms with E-state index in [4.69, 9.17) is 9.73 Å². The Kier molecular flexibility index (Phi) is 3.09. The molecule has 0 bridgehead atoms. The molecular formula is C16H15NO. The van der Waals surface area contributed by atoms with Crippen LogP contribution in [0.2, 0.25) is 0 Å². The number of nitrogens with zero attached hydrogens (tertiary/aromatic N) is 1. The summed E-state index contributed by atoms with van der Waals surface area (Å²) < 4.78 is 5.67. The Morgan fingerprint density at radius 3 is 2.28 bits per heavy atom. The van der Waals surface area contributed by atoms with Gasteiger partial charge in [-0.15, -0.1) is 0 Å². The molecule has 0 N–H and O–H groups in total. The fraction of sp³-hybridized carbons (Fsp3) is 0.188. The van der Waals surface area contributed by atoms with Crippen LogP contribution in [0.4, 0.5) is 0 Å². The summed E-state index contributed by atoms with van der Waals surface area (Å²) in [5.74, 6) is 0.760. The lowest BCUT2D eigenvalue weighted by molar-refractivity contribution is 0.262. The highest BCUT2D eigenvalue weighted by atomic mass is 16.5. The molecule has 3 rings (SSSR count). The first-order valence-corrected chi connectivity index (χ1v) is 6.24. The van der Waals surface area contributed by atoms with Crippen molar-refractivity contribution in [2.45, 2.75) is 12.5 Å². The van der Waals surface area contributed by atoms with Crippen LogP contribution in [0.15, 0.2) is 65.7 Å². The van der Waals surface area contributed by atoms with Crippen LogP contribution in [-0.2, 0) is 4.74 Å². The van der Waals surface area contributed by atoms with E-state index in [1.54, 1.807) is 0 Å². The Balaban J connectivity index is 1.91. The van der Waals surface area contributed by atoms with Gasteiger partial charge in [0.25, 0.3) is 0 Å². The minimum atomic E-state index is 0.218. The summed E-state index contributed by atoms with van der Waals surface area (Å²) >= 11 is 0. The van der Waals surface area contributed by atoms with Crippen LogP contribution in [-0.4, -0.2) is 12.5 Å². The predicted octanol–water partition coefficient (Wildman–Crippen LogP) is 3.59. The van der Waals surface area contributed by atoms with Gasteiger partial charge in [0, 0.05) is 12.0 Å². The molecule has 2 heteroatoms. The monoisotopic (exact) mass is 237 g/mol. The van der Waals surface area contributed by atoms with Gasteiger partial charge in [-0.3, -0.25) is 0 Å². The van der Waals surface area contributed by atoms with Gasteiger partial charge < -0.3 is 4.74 Å². The fourth-order valence-electron chi connectivity index (χ4n) is 2.17. The molecule has 2 nitrogen and oxygen atoms in total. The van der Waals surface area contributed by atoms with E-state index >= 15 is 0 Å². The van der Waals surface area contributed by atoms with Gasteiger partial charge in [0.1, 0.15) is 0 Å². The molecule has 0 saturated heterocycles. The highest BCUT2D eigenvalue weighted by Gasteiger charge is 2.18. The maximum atomic E-state index is 5.67. The van der Waals surface area contributed by atoms with Crippen molar-refractivity contribution in [2.75, 3.05) is 6.61 Å². The lowest BCUT2D eigenvalue weighted by atomic mass is 10.0. The average molecular weight is 237 g/mol. The van der Waals surface area contributed by atoms with Crippen LogP contribution >= 0.6 is 0 Å². The van der Waals surface area contributed by atoms with E-state index in [1.807, 2.05) is 36.4 Å². The van der Waals surface area contributed by atoms with E-state index < -0.39 is 0 Å². The first kappa shape index (κ1) is 11.0. The molecule has 1 aliphatic heterocycles. The fourth-order valence-corrected chi connectivity index (χ4v) is 2.17. The zero-order valence-corrected chi connectivity index (χ0v) is 10.1. The second-order valence-electron chi connectivity index (χ2n) is 4.36. The zero-order valence-electron chi connectivity index (χ0n) is 10.1. The molecule has 90 valence electrons. The molecule has 18 heavy (non-hydrogen) atoms. The topological polar surface area (TPSA) is 21.6 Å². The van der Waals surface area contributed by atoms with E-state index in [2.05, 4.69) is 24.3 Å². The molecule has 2 aromatic carbocycles. The van der Waals surface area contributed by atoms with Gasteiger partial charge in [-0.1, -0.05) is 48.5 Å². The number of hydrogen-bond donors (Lipinski definition) is 0. The molecule has 0 radical (unpaired) electrons. The Hall–Kier alpha value is -2.09. The molecule has 0 aliphatic carbocycles. The summed E-state index contributed by atoms with van der Waals surface area (Å²) in [6.45, 7) is 0.729. The highest BCUT2D eigenvalue weighted by Crippen LogP contribution is 2.25. The third-order valence-corrected chi connectivity index (χ3v) is 3.11. The van der Waals surface area contributed by atoms with Gasteiger partial charge in [0.2, 0.25) is 5.90 Å². The van der Waals surface area contributed by atoms with Gasteiger partial charge in [-0.25, -0.2) is 4.99 Å². The first-order chi connectivity index (χ1) is 8.93. The Morgan fingerprint density at radius 2 is 1.56 bits per heavy atom. The van der Waals surface area contributed by atoms with E-state index in [9.17, 15) is 0 Å². The van der Waals surface area contributed by atoms with Crippen molar-refractivity contribution in [1.82, 2.24) is 0 Å². The van der Waals surface area contributed by atoms with Crippen LogP contribution in [0.25, 0.3) is 0 Å². The van der Waals surface area contributed by atoms with Crippen LogP contribution in [0.5, 0.6) is 0 Å². The number of benzene rings is 2. The molecule has 1 heterocycles. The van der Waals surface area contributed by atoms with Gasteiger partial charge in [0.05, 0.1) is 12.6 Å². The van der Waals surface area contributed by atoms with Crippen molar-refractivity contribution in [3.63, 3.8) is 0 Å². The largest absolute Gasteiger partial charge is 0.477 e. The summed E-state index contributed by atoms with van der Waals surface area (Å²) in [5.41, 5.74) is 2.31. The maximum Gasteiger partial charge on any atom is 0.216 e. The minimum Gasteiger partial charge on any atom is -0.477 e. The normalized spacial score (nSPS) is 18.9. The van der Waals surface area contributed by atoms with Crippen LogP contribution < -0.4 is 0 Å². The number of hydrogen-bond acceptors (Lipinski definition) is 2. The van der Waals surface area contributed by atoms with Crippen molar-refractivity contribution in [2.24, 2.45) is 4.99 Å². The third-order valence-electron chi connectivity index (χ3n) is 3.11. The van der Waals surface area contributed by atoms with E-state index in [0.717, 1.165) is 24.5 Å². The van der Waals surface area contributed by atoms with Crippen molar-refractivity contribution in [3.8, 4) is 0 Å². The highest BCUT2D eigenvalue weighted by molar-refractivity contribution is 5.94. The molecule has 2 aromatic rings. The van der Waals surface area contributed by atoms with Crippen molar-refractivity contribution in [1.29, 1.82) is 0 Å². The smallest absolute Gasteiger partial charge is 0.216 e. The second kappa shape index (κ2) is 5.05. The van der Waals surface area contributed by atoms with Crippen LogP contribution in [0.1, 0.15) is 23.6 Å². The van der Waals surface area contributed by atoms with Crippen LogP contribution in [0, 0.1) is 0 Å². The maximum absolute atomic E-state index is 5.67. The lowest BCUT2D eigenvalue weighted by Gasteiger charge is -2.21. The Bertz CT molecular complexity index is 534. The van der Waals surface area contributed by atoms with Crippen molar-refractivity contribution in [3.05, 3.63) is 71.8 Å². The number of ether oxygens (including phenoxy) is 1. The Labute approximate surface area is 107 Å². The molecule has 0 saturated carbocycles. The number of aliphatic imine (C=N–C) groups is 1. The molecule has 1 atom stereocenters. The molecular weight excluding hydrogens is 222 g/mol. The minimum absolute atomic E-state index is 0.218. The zero-order chi connectivity index (χ0) is 12.2. The van der Waals surface area contributed by atoms with E-state index in [-0.39, 0.29) is 6.04 Å². The van der Waals surface area contributed by atoms with Crippen molar-refractivity contribution < 1.29 is 4.74 Å². The van der Waals surface area contributed by atoms with E-state index in [0.29, 0.717) is 0 Å². The van der Waals surface area contributed by atoms with Crippen molar-refractivity contribution >= 4 is 5.90 Å². The SMILES string of the molecule is c1ccc(C2=NC(c3ccccc3)CCO2)cc1. The van der Waals surface area contributed by atoms with Gasteiger partial charge >= 0.3 is 0 Å². The quantitative estimate of drug-likeness (QED) is 0.782. The van der Waals surface area contributed by atoms with Gasteiger partial charge in [-0.05, 0) is 17.7 Å². The molecule has 0 amide bonds. The summed E-state index contributed by atoms with van der Waals surface area (Å²) in [6, 6.07) is 20.7. The predicted molar refractivity (Wildman–Crippen MR) is 72.7 cm³/mol. The standard InChI is InChI=1S/C16H15NO/c1-3-7-13(8-4-1)15-11-12-18-16(17-15)14-9-5-2-6-10-14/h1-10,15H,11-12H2. The van der Waals surface area contributed by atoms with Gasteiger partial charge in [0.15, 0.2) is 0 Å². The molecule has 0 spiro atoms. The summed E-state index contributed by atoms with van der Waals surface area (Å²) in [7, 11) is 0. The first-order valence-electron chi connectivity index (χ1n) is 6.24. The molecule has 0 fully saturated rings. The molecule has 0 aromatic heterocycles. The Morgan fingerprint density at radius 1 is 0.889 bits per heavy atom. The molecule has 1 aliphatic rings. The summed E-state index contributed by atoms with van der Waals surface area (Å²) in [4.78, 5) is 4.72. The third kappa shape index (κ3) is 2.28. The van der Waals surface area contributed by atoms with E-state index in [1.165, 1.54) is 5.56 Å². The summed E-state index contributed by atoms with van der Waals surface area (Å²) in [6.07, 6.45) is 0.945. The van der Waals surface area contributed by atoms with Gasteiger partial charge in [-0.2, -0.15) is 0 Å².